The highest BCUT2D eigenvalue weighted by atomic mass is 35.5. The topological polar surface area (TPSA) is 42.4 Å². The molecular formula is C14H14ClNO2. The van der Waals surface area contributed by atoms with Gasteiger partial charge in [-0.2, -0.15) is 0 Å². The number of benzene rings is 1. The summed E-state index contributed by atoms with van der Waals surface area (Å²) in [5.74, 6) is 0.595. The number of aliphatic hydroxyl groups is 1. The van der Waals surface area contributed by atoms with E-state index in [1.54, 1.807) is 18.2 Å². The molecule has 3 nitrogen and oxygen atoms in total. The van der Waals surface area contributed by atoms with Crippen molar-refractivity contribution in [2.75, 3.05) is 0 Å². The highest BCUT2D eigenvalue weighted by Crippen LogP contribution is 2.26. The maximum Gasteiger partial charge on any atom is 0.138 e. The predicted molar refractivity (Wildman–Crippen MR) is 70.7 cm³/mol. The number of pyridine rings is 1. The van der Waals surface area contributed by atoms with E-state index in [2.05, 4.69) is 4.98 Å². The zero-order chi connectivity index (χ0) is 13.0. The molecule has 4 heteroatoms. The van der Waals surface area contributed by atoms with Crippen molar-refractivity contribution < 1.29 is 9.84 Å². The number of nitrogens with zero attached hydrogens (tertiary/aromatic N) is 1. The Kier molecular flexibility index (Phi) is 4.18. The molecular weight excluding hydrogens is 250 g/mol. The van der Waals surface area contributed by atoms with Gasteiger partial charge in [0, 0.05) is 5.69 Å². The first kappa shape index (κ1) is 12.9. The summed E-state index contributed by atoms with van der Waals surface area (Å²) in [5, 5.41) is 9.48. The average Bonchev–Trinajstić information content (AvgIpc) is 2.37. The number of rotatable bonds is 4. The van der Waals surface area contributed by atoms with Crippen molar-refractivity contribution in [1.29, 1.82) is 0 Å². The Bertz CT molecular complexity index is 543. The Morgan fingerprint density at radius 1 is 1.28 bits per heavy atom. The first-order chi connectivity index (χ1) is 8.69. The Morgan fingerprint density at radius 2 is 2.11 bits per heavy atom. The third-order valence-corrected chi connectivity index (χ3v) is 2.80. The fourth-order valence-corrected chi connectivity index (χ4v) is 1.85. The van der Waals surface area contributed by atoms with Crippen LogP contribution in [0.1, 0.15) is 17.0 Å². The second-order valence-electron chi connectivity index (χ2n) is 3.98. The summed E-state index contributed by atoms with van der Waals surface area (Å²) in [6.45, 7) is 2.28. The number of aromatic nitrogens is 1. The van der Waals surface area contributed by atoms with Gasteiger partial charge in [0.05, 0.1) is 17.3 Å². The van der Waals surface area contributed by atoms with E-state index in [1.165, 1.54) is 0 Å². The van der Waals surface area contributed by atoms with Crippen LogP contribution in [0, 0.1) is 6.92 Å². The van der Waals surface area contributed by atoms with Crippen molar-refractivity contribution in [1.82, 2.24) is 4.98 Å². The van der Waals surface area contributed by atoms with Crippen molar-refractivity contribution in [3.63, 3.8) is 0 Å². The molecule has 2 aromatic rings. The lowest BCUT2D eigenvalue weighted by Gasteiger charge is -2.09. The summed E-state index contributed by atoms with van der Waals surface area (Å²) in [6.07, 6.45) is 0. The van der Waals surface area contributed by atoms with Crippen molar-refractivity contribution in [2.45, 2.75) is 20.1 Å². The van der Waals surface area contributed by atoms with Gasteiger partial charge in [-0.3, -0.25) is 4.98 Å². The zero-order valence-electron chi connectivity index (χ0n) is 10.1. The maximum atomic E-state index is 8.98. The normalized spacial score (nSPS) is 10.4. The van der Waals surface area contributed by atoms with Gasteiger partial charge in [0.25, 0.3) is 0 Å². The Balaban J connectivity index is 2.06. The molecule has 1 aromatic heterocycles. The van der Waals surface area contributed by atoms with Gasteiger partial charge in [-0.25, -0.2) is 0 Å². The van der Waals surface area contributed by atoms with Crippen molar-refractivity contribution in [2.24, 2.45) is 0 Å². The Hall–Kier alpha value is -1.58. The lowest BCUT2D eigenvalue weighted by Crippen LogP contribution is -1.99. The molecule has 0 fully saturated rings. The van der Waals surface area contributed by atoms with Gasteiger partial charge in [0.15, 0.2) is 0 Å². The van der Waals surface area contributed by atoms with E-state index < -0.39 is 0 Å². The van der Waals surface area contributed by atoms with Crippen LogP contribution in [0.2, 0.25) is 5.02 Å². The molecule has 0 amide bonds. The first-order valence-corrected chi connectivity index (χ1v) is 6.01. The van der Waals surface area contributed by atoms with Crippen molar-refractivity contribution in [3.05, 3.63) is 58.4 Å². The van der Waals surface area contributed by atoms with E-state index in [0.717, 1.165) is 17.0 Å². The molecule has 0 radical (unpaired) electrons. The number of hydrogen-bond donors (Lipinski definition) is 1. The Labute approximate surface area is 111 Å². The van der Waals surface area contributed by atoms with E-state index in [4.69, 9.17) is 21.4 Å². The SMILES string of the molecule is Cc1cccc(COc2ccc(CO)cc2Cl)n1. The second kappa shape index (κ2) is 5.85. The molecule has 0 atom stereocenters. The monoisotopic (exact) mass is 263 g/mol. The molecule has 1 heterocycles. The van der Waals surface area contributed by atoms with Crippen LogP contribution in [0.5, 0.6) is 5.75 Å². The van der Waals surface area contributed by atoms with Crippen LogP contribution in [-0.4, -0.2) is 10.1 Å². The summed E-state index contributed by atoms with van der Waals surface area (Å²) in [7, 11) is 0. The van der Waals surface area contributed by atoms with Gasteiger partial charge < -0.3 is 9.84 Å². The molecule has 0 aliphatic heterocycles. The molecule has 1 N–H and O–H groups in total. The molecule has 0 saturated heterocycles. The van der Waals surface area contributed by atoms with Gasteiger partial charge in [-0.1, -0.05) is 23.7 Å². The van der Waals surface area contributed by atoms with Crippen LogP contribution in [0.25, 0.3) is 0 Å². The van der Waals surface area contributed by atoms with Crippen LogP contribution >= 0.6 is 11.6 Å². The Morgan fingerprint density at radius 3 is 2.78 bits per heavy atom. The molecule has 0 spiro atoms. The lowest BCUT2D eigenvalue weighted by molar-refractivity contribution is 0.280. The highest BCUT2D eigenvalue weighted by Gasteiger charge is 2.04. The van der Waals surface area contributed by atoms with Crippen LogP contribution < -0.4 is 4.74 Å². The number of halogens is 1. The minimum atomic E-state index is -0.0283. The maximum absolute atomic E-state index is 8.98. The molecule has 1 aromatic carbocycles. The van der Waals surface area contributed by atoms with E-state index >= 15 is 0 Å². The lowest BCUT2D eigenvalue weighted by atomic mass is 10.2. The summed E-state index contributed by atoms with van der Waals surface area (Å²) >= 11 is 6.05. The molecule has 94 valence electrons. The second-order valence-corrected chi connectivity index (χ2v) is 4.39. The van der Waals surface area contributed by atoms with Gasteiger partial charge >= 0.3 is 0 Å². The minimum Gasteiger partial charge on any atom is -0.486 e. The molecule has 0 saturated carbocycles. The van der Waals surface area contributed by atoms with E-state index in [-0.39, 0.29) is 6.61 Å². The zero-order valence-corrected chi connectivity index (χ0v) is 10.8. The number of ether oxygens (including phenoxy) is 1. The number of aliphatic hydroxyl groups excluding tert-OH is 1. The largest absolute Gasteiger partial charge is 0.486 e. The van der Waals surface area contributed by atoms with Gasteiger partial charge in [-0.05, 0) is 36.8 Å². The summed E-state index contributed by atoms with van der Waals surface area (Å²) in [5.41, 5.74) is 2.58. The molecule has 0 aliphatic carbocycles. The van der Waals surface area contributed by atoms with Gasteiger partial charge in [0.2, 0.25) is 0 Å². The van der Waals surface area contributed by atoms with Crippen LogP contribution in [0.3, 0.4) is 0 Å². The smallest absolute Gasteiger partial charge is 0.138 e. The van der Waals surface area contributed by atoms with E-state index in [0.29, 0.717) is 17.4 Å². The fourth-order valence-electron chi connectivity index (χ4n) is 1.59. The third-order valence-electron chi connectivity index (χ3n) is 2.50. The summed E-state index contributed by atoms with van der Waals surface area (Å²) in [6, 6.07) is 11.0. The number of aryl methyl sites for hydroxylation is 1. The van der Waals surface area contributed by atoms with Crippen molar-refractivity contribution >= 4 is 11.6 Å². The molecule has 0 aliphatic rings. The van der Waals surface area contributed by atoms with Crippen LogP contribution in [0.4, 0.5) is 0 Å². The van der Waals surface area contributed by atoms with Crippen LogP contribution in [-0.2, 0) is 13.2 Å². The first-order valence-electron chi connectivity index (χ1n) is 5.63. The van der Waals surface area contributed by atoms with E-state index in [9.17, 15) is 0 Å². The molecule has 2 rings (SSSR count). The average molecular weight is 264 g/mol. The third kappa shape index (κ3) is 3.22. The number of hydrogen-bond acceptors (Lipinski definition) is 3. The summed E-state index contributed by atoms with van der Waals surface area (Å²) < 4.78 is 5.60. The molecule has 18 heavy (non-hydrogen) atoms. The predicted octanol–water partition coefficient (Wildman–Crippen LogP) is 3.11. The van der Waals surface area contributed by atoms with E-state index in [1.807, 2.05) is 25.1 Å². The highest BCUT2D eigenvalue weighted by molar-refractivity contribution is 6.32. The van der Waals surface area contributed by atoms with Crippen molar-refractivity contribution in [3.8, 4) is 5.75 Å². The molecule has 0 bridgehead atoms. The fraction of sp³-hybridized carbons (Fsp3) is 0.214. The molecule has 0 unspecified atom stereocenters. The van der Waals surface area contributed by atoms with Gasteiger partial charge in [0.1, 0.15) is 12.4 Å². The van der Waals surface area contributed by atoms with Crippen LogP contribution in [0.15, 0.2) is 36.4 Å². The standard InChI is InChI=1S/C14H14ClNO2/c1-10-3-2-4-12(16-10)9-18-14-6-5-11(8-17)7-13(14)15/h2-7,17H,8-9H2,1H3. The minimum absolute atomic E-state index is 0.0283. The summed E-state index contributed by atoms with van der Waals surface area (Å²) in [4.78, 5) is 4.34. The van der Waals surface area contributed by atoms with Gasteiger partial charge in [-0.15, -0.1) is 0 Å². The quantitative estimate of drug-likeness (QED) is 0.922.